The molecule has 0 radical (unpaired) electrons. The van der Waals surface area contributed by atoms with Crippen LogP contribution in [0.4, 0.5) is 0 Å². The smallest absolute Gasteiger partial charge is 0.305 e. The lowest BCUT2D eigenvalue weighted by molar-refractivity contribution is -0.150. The van der Waals surface area contributed by atoms with Gasteiger partial charge in [-0.3, -0.25) is 81.7 Å². The minimum atomic E-state index is -2.00. The summed E-state index contributed by atoms with van der Waals surface area (Å²) in [5.41, 5.74) is 17.4. The summed E-state index contributed by atoms with van der Waals surface area (Å²) in [7, 11) is 1.64. The van der Waals surface area contributed by atoms with Gasteiger partial charge in [0.15, 0.2) is 5.96 Å². The maximum Gasteiger partial charge on any atom is 0.305 e. The van der Waals surface area contributed by atoms with E-state index in [-0.39, 0.29) is 122 Å². The van der Waals surface area contributed by atoms with Gasteiger partial charge in [-0.1, -0.05) is 72.2 Å². The van der Waals surface area contributed by atoms with Crippen LogP contribution in [0.2, 0.25) is 0 Å². The van der Waals surface area contributed by atoms with E-state index in [4.69, 9.17) is 17.2 Å². The highest BCUT2D eigenvalue weighted by atomic mass is 33.1. The third-order valence-electron chi connectivity index (χ3n) is 18.5. The topological polar surface area (TPSA) is 587 Å². The minimum absolute atomic E-state index is 0.00383. The Morgan fingerprint density at radius 3 is 1.58 bits per heavy atom. The van der Waals surface area contributed by atoms with Crippen LogP contribution < -0.4 is 75.7 Å². The van der Waals surface area contributed by atoms with Gasteiger partial charge in [-0.15, -0.1) is 0 Å². The van der Waals surface area contributed by atoms with Crippen molar-refractivity contribution in [2.45, 2.75) is 202 Å². The third kappa shape index (κ3) is 24.9. The number of rotatable bonds is 18. The number of guanidine groups is 1. The average Bonchev–Trinajstić information content (AvgIpc) is 1.70. The van der Waals surface area contributed by atoms with E-state index in [0.29, 0.717) is 5.56 Å². The molecule has 21 N–H and O–H groups in total. The first-order valence-electron chi connectivity index (χ1n) is 34.9. The second kappa shape index (κ2) is 41.3. The highest BCUT2D eigenvalue weighted by Crippen LogP contribution is 2.29. The molecule has 580 valence electrons. The number of nitrogens with zero attached hydrogens (tertiary/aromatic N) is 4. The van der Waals surface area contributed by atoms with Crippen molar-refractivity contribution < 1.29 is 97.1 Å². The number of carbonyl (C=O) groups is 16. The molecule has 1 aromatic carbocycles. The first-order valence-corrected chi connectivity index (χ1v) is 37.4. The van der Waals surface area contributed by atoms with E-state index in [2.05, 4.69) is 63.5 Å². The zero-order valence-electron chi connectivity index (χ0n) is 58.7. The molecule has 15 atom stereocenters. The number of carboxylic acid groups (broad SMARTS) is 2. The molecule has 105 heavy (non-hydrogen) atoms. The van der Waals surface area contributed by atoms with E-state index >= 15 is 14.4 Å². The molecule has 5 saturated heterocycles. The van der Waals surface area contributed by atoms with E-state index in [9.17, 15) is 82.8 Å². The molecule has 5 heterocycles. The van der Waals surface area contributed by atoms with Crippen LogP contribution in [-0.4, -0.2) is 278 Å². The van der Waals surface area contributed by atoms with Gasteiger partial charge in [0.05, 0.1) is 32.1 Å². The van der Waals surface area contributed by atoms with E-state index < -0.39 is 223 Å². The molecule has 5 fully saturated rings. The lowest BCUT2D eigenvalue weighted by Gasteiger charge is -2.34. The van der Waals surface area contributed by atoms with Crippen LogP contribution in [0.1, 0.15) is 116 Å². The highest BCUT2D eigenvalue weighted by Gasteiger charge is 2.47. The first-order chi connectivity index (χ1) is 50.0. The Kier molecular flexibility index (Phi) is 33.3. The van der Waals surface area contributed by atoms with Crippen LogP contribution in [-0.2, 0) is 83.1 Å². The van der Waals surface area contributed by atoms with Crippen molar-refractivity contribution in [1.29, 1.82) is 0 Å². The van der Waals surface area contributed by atoms with Gasteiger partial charge in [-0.25, -0.2) is 0 Å². The number of carbonyl (C=O) groups excluding carboxylic acids is 14. The van der Waals surface area contributed by atoms with Crippen molar-refractivity contribution in [3.05, 3.63) is 35.9 Å². The van der Waals surface area contributed by atoms with Gasteiger partial charge in [0.25, 0.3) is 0 Å². The summed E-state index contributed by atoms with van der Waals surface area (Å²) in [6.45, 7) is 2.12. The number of amides is 14. The summed E-state index contributed by atoms with van der Waals surface area (Å²) >= 11 is 0. The Bertz CT molecular complexity index is 3350. The molecule has 5 aliphatic heterocycles. The number of nitrogens with two attached hydrogens (primary N) is 3. The molecule has 0 spiro atoms. The number of hydrogen-bond donors (Lipinski definition) is 18. The fourth-order valence-electron chi connectivity index (χ4n) is 12.6. The van der Waals surface area contributed by atoms with Crippen LogP contribution in [0.3, 0.4) is 0 Å². The van der Waals surface area contributed by atoms with E-state index in [1.807, 2.05) is 0 Å². The zero-order valence-corrected chi connectivity index (χ0v) is 60.3. The van der Waals surface area contributed by atoms with Crippen molar-refractivity contribution >= 4 is 122 Å². The van der Waals surface area contributed by atoms with Crippen molar-refractivity contribution in [3.8, 4) is 0 Å². The van der Waals surface area contributed by atoms with Crippen LogP contribution in [0.15, 0.2) is 35.3 Å². The molecule has 5 aliphatic rings. The summed E-state index contributed by atoms with van der Waals surface area (Å²) < 4.78 is 0. The SMILES string of the molecule is CC[C@H](C)[C@@H]1NC(=O)[C@@H]2CCCN2C(=O)[C@@H]2CCCN2C(=O)[C@H](CC(=O)O)NC(=O)[C@H](CO)NC(=O)[C@H](CCCCN)NC(=O)[C@H]([C@@H](C)O)NC(=O)[C@@H]2CSSC[C@H](NC1=O)C(=O)N[C@@H](Cc1ccccc1)C(=O)N1CCC[C@H]1C(=O)N[C@@H](CC(=O)O)C(=O)NCC(=O)N[C@@H](CCCN=C(N)N)C(=O)N2. The lowest BCUT2D eigenvalue weighted by Crippen LogP contribution is -2.62. The van der Waals surface area contributed by atoms with E-state index in [1.54, 1.807) is 44.2 Å². The molecule has 38 nitrogen and oxygen atoms in total. The predicted molar refractivity (Wildman–Crippen MR) is 377 cm³/mol. The summed E-state index contributed by atoms with van der Waals surface area (Å²) in [6.07, 6.45) is -3.23. The fourth-order valence-corrected chi connectivity index (χ4v) is 15.0. The molecule has 14 amide bonds. The Balaban J connectivity index is 1.50. The lowest BCUT2D eigenvalue weighted by atomic mass is 9.97. The maximum absolute atomic E-state index is 15.3. The molecule has 0 saturated carbocycles. The van der Waals surface area contributed by atoms with Crippen LogP contribution in [0.5, 0.6) is 0 Å². The molecule has 40 heteroatoms. The second-order valence-corrected chi connectivity index (χ2v) is 28.9. The monoisotopic (exact) mass is 1510 g/mol. The van der Waals surface area contributed by atoms with Gasteiger partial charge in [0, 0.05) is 44.1 Å². The number of aliphatic carboxylic acids is 2. The number of nitrogens with one attached hydrogen (secondary N) is 11. The molecular formula is C65H98N18O20S2. The first kappa shape index (κ1) is 84.5. The predicted octanol–water partition coefficient (Wildman–Crippen LogP) is -6.87. The molecule has 2 bridgehead atoms. The summed E-state index contributed by atoms with van der Waals surface area (Å²) in [5, 5.41) is 69.0. The number of aliphatic hydroxyl groups excluding tert-OH is 2. The van der Waals surface area contributed by atoms with E-state index in [1.165, 1.54) is 4.90 Å². The minimum Gasteiger partial charge on any atom is -0.481 e. The summed E-state index contributed by atoms with van der Waals surface area (Å²) in [5.74, 6) is -19.6. The number of aliphatic hydroxyl groups is 2. The Morgan fingerprint density at radius 1 is 0.533 bits per heavy atom. The molecular weight excluding hydrogens is 1420 g/mol. The van der Waals surface area contributed by atoms with E-state index in [0.717, 1.165) is 38.3 Å². The Morgan fingerprint density at radius 2 is 1.00 bits per heavy atom. The van der Waals surface area contributed by atoms with Crippen LogP contribution in [0, 0.1) is 5.92 Å². The van der Waals surface area contributed by atoms with Gasteiger partial charge in [0.1, 0.15) is 78.5 Å². The molecule has 0 aliphatic carbocycles. The largest absolute Gasteiger partial charge is 0.481 e. The Labute approximate surface area is 613 Å². The van der Waals surface area contributed by atoms with Gasteiger partial charge in [-0.05, 0) is 95.6 Å². The standard InChI is InChI=1S/C65H98N18O20S2/c1-4-33(2)50-60(99)78-42-31-104-105-32-43(77-53(92)36(17-10-22-69-65(67)68)71-47(86)29-70-52(91)38(27-48(87)88)73-58(97)44-18-11-23-81(44)62(101)39(74-56(42)95)26-35-14-6-5-7-15-35)57(96)80-51(34(3)85)61(100)72-37(16-8-9-21-66)54(93)76-41(30-84)55(94)75-40(28-49(89)90)63(102)83-25-13-20-46(83)64(103)82-24-12-19-45(82)59(98)79-50/h5-7,14-15,33-34,36-46,50-51,84-85H,4,8-13,16-32,66H2,1-3H3,(H,70,91)(H,71,86)(H,72,100)(H,73,97)(H,74,95)(H,75,94)(H,76,93)(H,77,92)(H,78,99)(H,79,98)(H,80,96)(H,87,88)(H,89,90)(H4,67,68,69)/t33-,34+,36-,37-,38-,39-,40-,41-,42-,43-,44-,45-,46-,50-,51-/m0/s1. The molecule has 1 aromatic rings. The third-order valence-corrected chi connectivity index (χ3v) is 20.9. The molecule has 6 rings (SSSR count). The van der Waals surface area contributed by atoms with Crippen LogP contribution >= 0.6 is 21.6 Å². The summed E-state index contributed by atoms with van der Waals surface area (Å²) in [4.78, 5) is 236. The number of benzene rings is 1. The number of fused-ring (bicyclic) bond motifs is 8. The zero-order chi connectivity index (χ0) is 77.2. The normalized spacial score (nSPS) is 28.2. The van der Waals surface area contributed by atoms with Crippen LogP contribution in [0.25, 0.3) is 0 Å². The van der Waals surface area contributed by atoms with Crippen molar-refractivity contribution in [1.82, 2.24) is 73.2 Å². The maximum atomic E-state index is 15.3. The number of hydrogen-bond acceptors (Lipinski definition) is 22. The van der Waals surface area contributed by atoms with Crippen molar-refractivity contribution in [2.24, 2.45) is 28.1 Å². The highest BCUT2D eigenvalue weighted by molar-refractivity contribution is 8.76. The summed E-state index contributed by atoms with van der Waals surface area (Å²) in [6, 6.07) is -13.0. The van der Waals surface area contributed by atoms with Crippen molar-refractivity contribution in [2.75, 3.05) is 57.4 Å². The average molecular weight is 1520 g/mol. The van der Waals surface area contributed by atoms with Gasteiger partial charge in [-0.2, -0.15) is 0 Å². The number of aliphatic imine (C=N–C) groups is 1. The molecule has 0 aromatic heterocycles. The van der Waals surface area contributed by atoms with Gasteiger partial charge in [0.2, 0.25) is 82.7 Å². The van der Waals surface area contributed by atoms with Crippen molar-refractivity contribution in [3.63, 3.8) is 0 Å². The fraction of sp³-hybridized carbons (Fsp3) is 0.646. The number of unbranched alkanes of at least 4 members (excludes halogenated alkanes) is 1. The van der Waals surface area contributed by atoms with Gasteiger partial charge >= 0.3 is 11.9 Å². The van der Waals surface area contributed by atoms with Gasteiger partial charge < -0.3 is 111 Å². The second-order valence-electron chi connectivity index (χ2n) is 26.3. The quantitative estimate of drug-likeness (QED) is 0.0281. The Hall–Kier alpha value is -9.41. The molecule has 0 unspecified atom stereocenters. The number of carboxylic acids is 2.